The van der Waals surface area contributed by atoms with Crippen LogP contribution in [0.1, 0.15) is 37.8 Å². The number of benzene rings is 1. The van der Waals surface area contributed by atoms with Crippen LogP contribution in [0.25, 0.3) is 0 Å². The summed E-state index contributed by atoms with van der Waals surface area (Å²) >= 11 is 0. The molecule has 0 aliphatic carbocycles. The predicted molar refractivity (Wildman–Crippen MR) is 71.4 cm³/mol. The van der Waals surface area contributed by atoms with Crippen LogP contribution in [0.3, 0.4) is 0 Å². The topological polar surface area (TPSA) is 27.0 Å². The normalized spacial score (nSPS) is 18.7. The zero-order chi connectivity index (χ0) is 15.0. The first-order chi connectivity index (χ1) is 9.23. The zero-order valence-electron chi connectivity index (χ0n) is 11.6. The number of nitrogens with zero attached hydrogens (tertiary/aromatic N) is 2. The standard InChI is InChI=1S/C15H17F3N2/c1-14(2)6-3-7-20(10-14)12-5-4-11(9-19)13(8-12)15(16,17)18/h4-5,8H,3,6-7,10H2,1-2H3. The Bertz CT molecular complexity index is 541. The van der Waals surface area contributed by atoms with E-state index < -0.39 is 11.7 Å². The molecule has 0 saturated carbocycles. The van der Waals surface area contributed by atoms with Gasteiger partial charge in [0, 0.05) is 18.8 Å². The van der Waals surface area contributed by atoms with Crippen LogP contribution >= 0.6 is 0 Å². The Morgan fingerprint density at radius 2 is 2.00 bits per heavy atom. The molecule has 2 nitrogen and oxygen atoms in total. The van der Waals surface area contributed by atoms with E-state index >= 15 is 0 Å². The molecule has 1 aliphatic heterocycles. The maximum atomic E-state index is 13.0. The van der Waals surface area contributed by atoms with Gasteiger partial charge in [-0.05, 0) is 36.5 Å². The van der Waals surface area contributed by atoms with E-state index in [1.165, 1.54) is 6.07 Å². The summed E-state index contributed by atoms with van der Waals surface area (Å²) in [5.74, 6) is 0. The molecule has 0 bridgehead atoms. The van der Waals surface area contributed by atoms with Crippen LogP contribution in [0.4, 0.5) is 18.9 Å². The molecule has 1 aliphatic rings. The fraction of sp³-hybridized carbons (Fsp3) is 0.533. The van der Waals surface area contributed by atoms with Gasteiger partial charge in [-0.3, -0.25) is 0 Å². The van der Waals surface area contributed by atoms with Gasteiger partial charge < -0.3 is 4.90 Å². The summed E-state index contributed by atoms with van der Waals surface area (Å²) in [5.41, 5.74) is -0.521. The molecule has 1 fully saturated rings. The molecule has 2 rings (SSSR count). The molecule has 0 atom stereocenters. The quantitative estimate of drug-likeness (QED) is 0.771. The highest BCUT2D eigenvalue weighted by molar-refractivity contribution is 5.55. The Kier molecular flexibility index (Phi) is 3.68. The van der Waals surface area contributed by atoms with Crippen LogP contribution in [0.15, 0.2) is 18.2 Å². The Morgan fingerprint density at radius 3 is 2.55 bits per heavy atom. The van der Waals surface area contributed by atoms with E-state index in [1.807, 2.05) is 4.90 Å². The van der Waals surface area contributed by atoms with Crippen molar-refractivity contribution in [2.45, 2.75) is 32.9 Å². The number of nitriles is 1. The van der Waals surface area contributed by atoms with Crippen molar-refractivity contribution in [3.05, 3.63) is 29.3 Å². The average Bonchev–Trinajstić information content (AvgIpc) is 2.35. The number of rotatable bonds is 1. The summed E-state index contributed by atoms with van der Waals surface area (Å²) in [7, 11) is 0. The van der Waals surface area contributed by atoms with Crippen molar-refractivity contribution < 1.29 is 13.2 Å². The molecule has 0 spiro atoms. The minimum absolute atomic E-state index is 0.102. The van der Waals surface area contributed by atoms with Crippen LogP contribution in [0.2, 0.25) is 0 Å². The number of hydrogen-bond acceptors (Lipinski definition) is 2. The van der Waals surface area contributed by atoms with Crippen LogP contribution in [-0.2, 0) is 6.18 Å². The highest BCUT2D eigenvalue weighted by Gasteiger charge is 2.35. The highest BCUT2D eigenvalue weighted by atomic mass is 19.4. The molecule has 0 N–H and O–H groups in total. The lowest BCUT2D eigenvalue weighted by Gasteiger charge is -2.39. The SMILES string of the molecule is CC1(C)CCCN(c2ccc(C#N)c(C(F)(F)F)c2)C1. The highest BCUT2D eigenvalue weighted by Crippen LogP contribution is 2.37. The lowest BCUT2D eigenvalue weighted by Crippen LogP contribution is -2.40. The van der Waals surface area contributed by atoms with Gasteiger partial charge in [-0.15, -0.1) is 0 Å². The van der Waals surface area contributed by atoms with Gasteiger partial charge in [0.2, 0.25) is 0 Å². The third-order valence-corrected chi connectivity index (χ3v) is 3.69. The molecule has 1 heterocycles. The molecular formula is C15H17F3N2. The molecule has 0 amide bonds. The second-order valence-corrected chi connectivity index (χ2v) is 6.03. The smallest absolute Gasteiger partial charge is 0.371 e. The minimum Gasteiger partial charge on any atom is -0.371 e. The second-order valence-electron chi connectivity index (χ2n) is 6.03. The molecule has 5 heteroatoms. The number of hydrogen-bond donors (Lipinski definition) is 0. The van der Waals surface area contributed by atoms with E-state index in [1.54, 1.807) is 12.1 Å². The summed E-state index contributed by atoms with van der Waals surface area (Å²) in [6.45, 7) is 5.73. The van der Waals surface area contributed by atoms with Crippen molar-refractivity contribution in [1.29, 1.82) is 5.26 Å². The van der Waals surface area contributed by atoms with Crippen molar-refractivity contribution in [3.63, 3.8) is 0 Å². The number of alkyl halides is 3. The zero-order valence-corrected chi connectivity index (χ0v) is 11.6. The first-order valence-corrected chi connectivity index (χ1v) is 6.59. The first-order valence-electron chi connectivity index (χ1n) is 6.59. The van der Waals surface area contributed by atoms with E-state index in [2.05, 4.69) is 13.8 Å². The van der Waals surface area contributed by atoms with Gasteiger partial charge >= 0.3 is 6.18 Å². The largest absolute Gasteiger partial charge is 0.417 e. The predicted octanol–water partition coefficient (Wildman–Crippen LogP) is 4.20. The molecule has 20 heavy (non-hydrogen) atoms. The molecule has 0 unspecified atom stereocenters. The van der Waals surface area contributed by atoms with Crippen molar-refractivity contribution in [3.8, 4) is 6.07 Å². The number of piperidine rings is 1. The summed E-state index contributed by atoms with van der Waals surface area (Å²) in [5, 5.41) is 8.80. The number of anilines is 1. The van der Waals surface area contributed by atoms with Crippen molar-refractivity contribution in [2.75, 3.05) is 18.0 Å². The lowest BCUT2D eigenvalue weighted by atomic mass is 9.84. The Hall–Kier alpha value is -1.70. The van der Waals surface area contributed by atoms with Gasteiger partial charge in [-0.25, -0.2) is 0 Å². The maximum Gasteiger partial charge on any atom is 0.417 e. The molecule has 0 radical (unpaired) electrons. The average molecular weight is 282 g/mol. The van der Waals surface area contributed by atoms with Crippen LogP contribution in [0, 0.1) is 16.7 Å². The summed E-state index contributed by atoms with van der Waals surface area (Å²) in [4.78, 5) is 1.97. The summed E-state index contributed by atoms with van der Waals surface area (Å²) < 4.78 is 38.9. The van der Waals surface area contributed by atoms with Crippen LogP contribution in [0.5, 0.6) is 0 Å². The van der Waals surface area contributed by atoms with E-state index in [4.69, 9.17) is 5.26 Å². The fourth-order valence-corrected chi connectivity index (χ4v) is 2.70. The van der Waals surface area contributed by atoms with Crippen molar-refractivity contribution in [1.82, 2.24) is 0 Å². The van der Waals surface area contributed by atoms with Gasteiger partial charge in [0.15, 0.2) is 0 Å². The molecule has 1 aromatic carbocycles. The van der Waals surface area contributed by atoms with E-state index in [9.17, 15) is 13.2 Å². The molecule has 0 aromatic heterocycles. The third kappa shape index (κ3) is 3.06. The van der Waals surface area contributed by atoms with E-state index in [0.717, 1.165) is 32.0 Å². The van der Waals surface area contributed by atoms with Gasteiger partial charge in [-0.1, -0.05) is 13.8 Å². The summed E-state index contributed by atoms with van der Waals surface area (Å²) in [6, 6.07) is 5.58. The van der Waals surface area contributed by atoms with Gasteiger partial charge in [-0.2, -0.15) is 18.4 Å². The Labute approximate surface area is 116 Å². The van der Waals surface area contributed by atoms with Crippen molar-refractivity contribution in [2.24, 2.45) is 5.41 Å². The summed E-state index contributed by atoms with van der Waals surface area (Å²) in [6.07, 6.45) is -2.45. The lowest BCUT2D eigenvalue weighted by molar-refractivity contribution is -0.137. The minimum atomic E-state index is -4.49. The number of halogens is 3. The molecular weight excluding hydrogens is 265 g/mol. The Balaban J connectivity index is 2.37. The van der Waals surface area contributed by atoms with Gasteiger partial charge in [0.1, 0.15) is 0 Å². The first kappa shape index (κ1) is 14.7. The maximum absolute atomic E-state index is 13.0. The van der Waals surface area contributed by atoms with Crippen LogP contribution < -0.4 is 4.90 Å². The second kappa shape index (κ2) is 5.01. The van der Waals surface area contributed by atoms with Gasteiger partial charge in [0.25, 0.3) is 0 Å². The van der Waals surface area contributed by atoms with E-state index in [-0.39, 0.29) is 11.0 Å². The third-order valence-electron chi connectivity index (χ3n) is 3.69. The van der Waals surface area contributed by atoms with E-state index in [0.29, 0.717) is 5.69 Å². The van der Waals surface area contributed by atoms with Crippen LogP contribution in [-0.4, -0.2) is 13.1 Å². The van der Waals surface area contributed by atoms with Gasteiger partial charge in [0.05, 0.1) is 17.2 Å². The van der Waals surface area contributed by atoms with Crippen molar-refractivity contribution >= 4 is 5.69 Å². The monoisotopic (exact) mass is 282 g/mol. The molecule has 1 aromatic rings. The Morgan fingerprint density at radius 1 is 1.30 bits per heavy atom. The molecule has 108 valence electrons. The molecule has 1 saturated heterocycles. The fourth-order valence-electron chi connectivity index (χ4n) is 2.70.